The van der Waals surface area contributed by atoms with Crippen molar-refractivity contribution in [2.75, 3.05) is 17.1 Å². The second-order valence-corrected chi connectivity index (χ2v) is 11.3. The van der Waals surface area contributed by atoms with Gasteiger partial charge in [0.2, 0.25) is 21.8 Å². The number of hydrogen-bond donors (Lipinski definition) is 1. The van der Waals surface area contributed by atoms with Crippen LogP contribution in [0.25, 0.3) is 0 Å². The molecule has 9 heteroatoms. The van der Waals surface area contributed by atoms with Gasteiger partial charge >= 0.3 is 0 Å². The Labute approximate surface area is 214 Å². The van der Waals surface area contributed by atoms with Gasteiger partial charge in [0.15, 0.2) is 0 Å². The van der Waals surface area contributed by atoms with Crippen molar-refractivity contribution in [2.45, 2.75) is 66.1 Å². The molecular weight excluding hydrogens is 486 g/mol. The molecule has 0 bridgehead atoms. The third-order valence-corrected chi connectivity index (χ3v) is 7.34. The van der Waals surface area contributed by atoms with Crippen LogP contribution in [0.1, 0.15) is 50.3 Å². The van der Waals surface area contributed by atoms with Crippen LogP contribution < -0.4 is 9.62 Å². The normalized spacial score (nSPS) is 13.1. The number of carbonyl (C=O) groups excluding carboxylic acids is 2. The summed E-state index contributed by atoms with van der Waals surface area (Å²) in [5, 5.41) is 3.52. The molecule has 2 atom stereocenters. The maximum absolute atomic E-state index is 13.7. The number of carbonyl (C=O) groups is 2. The maximum Gasteiger partial charge on any atom is 0.244 e. The van der Waals surface area contributed by atoms with Crippen LogP contribution in [-0.4, -0.2) is 50.0 Å². The zero-order valence-electron chi connectivity index (χ0n) is 21.3. The number of hydrogen-bond acceptors (Lipinski definition) is 4. The van der Waals surface area contributed by atoms with E-state index in [9.17, 15) is 18.0 Å². The van der Waals surface area contributed by atoms with E-state index in [0.717, 1.165) is 33.7 Å². The van der Waals surface area contributed by atoms with Gasteiger partial charge in [0, 0.05) is 17.6 Å². The molecule has 192 valence electrons. The number of halogens is 1. The number of amides is 2. The molecule has 0 aliphatic heterocycles. The minimum Gasteiger partial charge on any atom is -0.352 e. The van der Waals surface area contributed by atoms with E-state index < -0.39 is 28.5 Å². The Morgan fingerprint density at radius 2 is 1.66 bits per heavy atom. The minimum absolute atomic E-state index is 0.0495. The number of aryl methyl sites for hydroxylation is 2. The van der Waals surface area contributed by atoms with Gasteiger partial charge in [0.25, 0.3) is 0 Å². The van der Waals surface area contributed by atoms with Crippen LogP contribution in [0.2, 0.25) is 5.02 Å². The molecule has 2 rings (SSSR count). The van der Waals surface area contributed by atoms with Crippen molar-refractivity contribution in [3.05, 3.63) is 64.2 Å². The summed E-state index contributed by atoms with van der Waals surface area (Å²) in [5.41, 5.74) is 2.85. The molecule has 0 spiro atoms. The smallest absolute Gasteiger partial charge is 0.244 e. The fourth-order valence-electron chi connectivity index (χ4n) is 3.73. The highest BCUT2D eigenvalue weighted by Crippen LogP contribution is 2.25. The van der Waals surface area contributed by atoms with Crippen LogP contribution in [-0.2, 0) is 26.2 Å². The lowest BCUT2D eigenvalue weighted by Gasteiger charge is -2.33. The molecule has 2 aromatic rings. The molecule has 0 aliphatic carbocycles. The zero-order valence-corrected chi connectivity index (χ0v) is 22.9. The predicted octanol–water partition coefficient (Wildman–Crippen LogP) is 4.44. The van der Waals surface area contributed by atoms with Crippen molar-refractivity contribution in [3.8, 4) is 0 Å². The van der Waals surface area contributed by atoms with Crippen LogP contribution in [0.4, 0.5) is 5.69 Å². The van der Waals surface area contributed by atoms with E-state index >= 15 is 0 Å². The lowest BCUT2D eigenvalue weighted by Crippen LogP contribution is -2.53. The Hall–Kier alpha value is -2.58. The van der Waals surface area contributed by atoms with Crippen molar-refractivity contribution in [3.63, 3.8) is 0 Å². The van der Waals surface area contributed by atoms with Gasteiger partial charge in [-0.3, -0.25) is 13.9 Å². The van der Waals surface area contributed by atoms with Crippen LogP contribution >= 0.6 is 11.6 Å². The second-order valence-electron chi connectivity index (χ2n) is 8.95. The summed E-state index contributed by atoms with van der Waals surface area (Å²) in [6, 6.07) is 11.7. The first kappa shape index (κ1) is 28.7. The Kier molecular flexibility index (Phi) is 10.2. The van der Waals surface area contributed by atoms with Gasteiger partial charge in [0.1, 0.15) is 12.6 Å². The van der Waals surface area contributed by atoms with Crippen molar-refractivity contribution in [1.82, 2.24) is 10.2 Å². The molecule has 1 N–H and O–H groups in total. The van der Waals surface area contributed by atoms with Gasteiger partial charge in [-0.05, 0) is 68.5 Å². The summed E-state index contributed by atoms with van der Waals surface area (Å²) in [5.74, 6) is -0.723. The van der Waals surface area contributed by atoms with Gasteiger partial charge in [-0.15, -0.1) is 0 Å². The average Bonchev–Trinajstić information content (AvgIpc) is 2.79. The molecule has 7 nitrogen and oxygen atoms in total. The Morgan fingerprint density at radius 3 is 2.20 bits per heavy atom. The first-order chi connectivity index (χ1) is 16.4. The first-order valence-corrected chi connectivity index (χ1v) is 14.0. The van der Waals surface area contributed by atoms with E-state index in [4.69, 9.17) is 11.6 Å². The fraction of sp³-hybridized carbons (Fsp3) is 0.462. The summed E-state index contributed by atoms with van der Waals surface area (Å²) in [6.07, 6.45) is 2.21. The number of rotatable bonds is 11. The monoisotopic (exact) mass is 521 g/mol. The number of nitrogens with one attached hydrogen (secondary N) is 1. The lowest BCUT2D eigenvalue weighted by molar-refractivity contribution is -0.140. The number of nitrogens with zero attached hydrogens (tertiary/aromatic N) is 2. The van der Waals surface area contributed by atoms with Crippen molar-refractivity contribution in [1.29, 1.82) is 0 Å². The predicted molar refractivity (Wildman–Crippen MR) is 142 cm³/mol. The molecule has 0 heterocycles. The molecule has 35 heavy (non-hydrogen) atoms. The van der Waals surface area contributed by atoms with Crippen LogP contribution in [0.15, 0.2) is 42.5 Å². The van der Waals surface area contributed by atoms with E-state index in [-0.39, 0.29) is 18.5 Å². The van der Waals surface area contributed by atoms with Gasteiger partial charge in [-0.25, -0.2) is 8.42 Å². The highest BCUT2D eigenvalue weighted by Gasteiger charge is 2.32. The van der Waals surface area contributed by atoms with Crippen molar-refractivity contribution < 1.29 is 18.0 Å². The van der Waals surface area contributed by atoms with E-state index in [1.807, 2.05) is 39.8 Å². The molecular formula is C26H36ClN3O4S. The van der Waals surface area contributed by atoms with E-state index in [1.165, 1.54) is 4.90 Å². The summed E-state index contributed by atoms with van der Waals surface area (Å²) < 4.78 is 26.7. The maximum atomic E-state index is 13.7. The Balaban J connectivity index is 2.47. The Morgan fingerprint density at radius 1 is 1.03 bits per heavy atom. The van der Waals surface area contributed by atoms with E-state index in [0.29, 0.717) is 17.1 Å². The SMILES string of the molecule is CCC(C)NC(=O)C(CC)N(Cc1ccc(Cl)cc1)C(=O)CN(c1cc(C)ccc1C)S(C)(=O)=O. The number of benzene rings is 2. The van der Waals surface area contributed by atoms with E-state index in [1.54, 1.807) is 37.3 Å². The highest BCUT2D eigenvalue weighted by molar-refractivity contribution is 7.92. The molecule has 0 fully saturated rings. The Bertz CT molecular complexity index is 1140. The summed E-state index contributed by atoms with van der Waals surface area (Å²) >= 11 is 6.02. The standard InChI is InChI=1S/C26H36ClN3O4S/c1-7-20(5)28-26(32)23(8-2)29(16-21-11-13-22(27)14-12-21)25(31)17-30(35(6,33)34)24-15-18(3)9-10-19(24)4/h9-15,20,23H,7-8,16-17H2,1-6H3,(H,28,32). The van der Waals surface area contributed by atoms with Crippen molar-refractivity contribution >= 4 is 39.1 Å². The summed E-state index contributed by atoms with van der Waals surface area (Å²) in [4.78, 5) is 28.3. The van der Waals surface area contributed by atoms with Gasteiger partial charge < -0.3 is 10.2 Å². The molecule has 2 aromatic carbocycles. The largest absolute Gasteiger partial charge is 0.352 e. The highest BCUT2D eigenvalue weighted by atomic mass is 35.5. The lowest BCUT2D eigenvalue weighted by atomic mass is 10.1. The fourth-order valence-corrected chi connectivity index (χ4v) is 4.75. The summed E-state index contributed by atoms with van der Waals surface area (Å²) in [6.45, 7) is 9.11. The number of sulfonamides is 1. The first-order valence-electron chi connectivity index (χ1n) is 11.8. The topological polar surface area (TPSA) is 86.8 Å². The van der Waals surface area contributed by atoms with E-state index in [2.05, 4.69) is 5.32 Å². The molecule has 0 saturated heterocycles. The molecule has 2 amide bonds. The molecule has 2 unspecified atom stereocenters. The zero-order chi connectivity index (χ0) is 26.3. The van der Waals surface area contributed by atoms with Gasteiger partial charge in [0.05, 0.1) is 11.9 Å². The number of anilines is 1. The third kappa shape index (κ3) is 7.97. The average molecular weight is 522 g/mol. The molecule has 0 aliphatic rings. The van der Waals surface area contributed by atoms with Crippen LogP contribution in [0.5, 0.6) is 0 Å². The molecule has 0 radical (unpaired) electrons. The van der Waals surface area contributed by atoms with Gasteiger partial charge in [-0.2, -0.15) is 0 Å². The van der Waals surface area contributed by atoms with Crippen molar-refractivity contribution in [2.24, 2.45) is 0 Å². The van der Waals surface area contributed by atoms with Gasteiger partial charge in [-0.1, -0.05) is 49.7 Å². The third-order valence-electron chi connectivity index (χ3n) is 5.97. The van der Waals surface area contributed by atoms with Crippen LogP contribution in [0.3, 0.4) is 0 Å². The molecule has 0 saturated carbocycles. The minimum atomic E-state index is -3.77. The quantitative estimate of drug-likeness (QED) is 0.473. The summed E-state index contributed by atoms with van der Waals surface area (Å²) in [7, 11) is -3.77. The van der Waals surface area contributed by atoms with Crippen LogP contribution in [0, 0.1) is 13.8 Å². The second kappa shape index (κ2) is 12.4. The molecule has 0 aromatic heterocycles.